The van der Waals surface area contributed by atoms with Crippen molar-refractivity contribution in [1.29, 1.82) is 0 Å². The monoisotopic (exact) mass is 392 g/mol. The van der Waals surface area contributed by atoms with Gasteiger partial charge in [0.2, 0.25) is 0 Å². The summed E-state index contributed by atoms with van der Waals surface area (Å²) < 4.78 is 0. The zero-order chi connectivity index (χ0) is 19.7. The van der Waals surface area contributed by atoms with Crippen LogP contribution in [0.1, 0.15) is 28.0 Å². The molecule has 142 valence electrons. The molecular formula is C22H21ClN4O. The van der Waals surface area contributed by atoms with Gasteiger partial charge in [-0.05, 0) is 56.8 Å². The number of likely N-dealkylation sites (N-methyl/N-ethyl adjacent to an activating group) is 1. The van der Waals surface area contributed by atoms with Crippen LogP contribution >= 0.6 is 11.6 Å². The summed E-state index contributed by atoms with van der Waals surface area (Å²) in [4.78, 5) is 17.0. The van der Waals surface area contributed by atoms with Crippen LogP contribution < -0.4 is 0 Å². The number of hydrogen-bond donors (Lipinski definition) is 1. The molecule has 0 spiro atoms. The summed E-state index contributed by atoms with van der Waals surface area (Å²) >= 11 is 6.17. The van der Waals surface area contributed by atoms with Gasteiger partial charge in [0.1, 0.15) is 5.69 Å². The molecule has 6 heteroatoms. The molecule has 1 fully saturated rings. The van der Waals surface area contributed by atoms with E-state index in [2.05, 4.69) is 41.0 Å². The molecule has 0 saturated carbocycles. The normalized spacial score (nSPS) is 16.4. The second kappa shape index (κ2) is 7.67. The van der Waals surface area contributed by atoms with Crippen LogP contribution in [0.4, 0.5) is 0 Å². The lowest BCUT2D eigenvalue weighted by Gasteiger charge is -2.20. The van der Waals surface area contributed by atoms with Gasteiger partial charge in [0.15, 0.2) is 0 Å². The van der Waals surface area contributed by atoms with E-state index in [0.717, 1.165) is 36.0 Å². The molecule has 0 radical (unpaired) electrons. The number of aromatic amines is 1. The molecule has 4 rings (SSSR count). The summed E-state index contributed by atoms with van der Waals surface area (Å²) in [6.45, 7) is 1.54. The summed E-state index contributed by atoms with van der Waals surface area (Å²) in [6.07, 6.45) is 1.00. The van der Waals surface area contributed by atoms with Crippen molar-refractivity contribution < 1.29 is 4.79 Å². The topological polar surface area (TPSA) is 52.2 Å². The summed E-state index contributed by atoms with van der Waals surface area (Å²) in [5.74, 6) is 6.19. The number of carbonyl (C=O) groups excluding carboxylic acids is 1. The molecule has 1 saturated heterocycles. The number of aromatic nitrogens is 2. The predicted molar refractivity (Wildman–Crippen MR) is 112 cm³/mol. The highest BCUT2D eigenvalue weighted by Crippen LogP contribution is 2.21. The maximum absolute atomic E-state index is 12.9. The van der Waals surface area contributed by atoms with E-state index in [4.69, 9.17) is 11.6 Å². The van der Waals surface area contributed by atoms with E-state index < -0.39 is 0 Å². The highest BCUT2D eigenvalue weighted by atomic mass is 35.5. The average molecular weight is 393 g/mol. The Morgan fingerprint density at radius 3 is 2.82 bits per heavy atom. The van der Waals surface area contributed by atoms with E-state index >= 15 is 0 Å². The van der Waals surface area contributed by atoms with Gasteiger partial charge in [0.25, 0.3) is 5.91 Å². The maximum atomic E-state index is 12.9. The molecule has 5 nitrogen and oxygen atoms in total. The Labute approximate surface area is 169 Å². The number of nitrogens with one attached hydrogen (secondary N) is 1. The first kappa shape index (κ1) is 18.5. The van der Waals surface area contributed by atoms with Crippen molar-refractivity contribution in [3.05, 3.63) is 64.3 Å². The third-order valence-electron chi connectivity index (χ3n) is 5.18. The minimum atomic E-state index is 0.0532. The molecule has 1 amide bonds. The average Bonchev–Trinajstić information content (AvgIpc) is 3.34. The molecule has 2 aromatic carbocycles. The van der Waals surface area contributed by atoms with Gasteiger partial charge in [0, 0.05) is 35.6 Å². The lowest BCUT2D eigenvalue weighted by molar-refractivity contribution is 0.0783. The second-order valence-corrected chi connectivity index (χ2v) is 7.63. The fourth-order valence-electron chi connectivity index (χ4n) is 3.46. The van der Waals surface area contributed by atoms with Gasteiger partial charge in [-0.2, -0.15) is 5.10 Å². The summed E-state index contributed by atoms with van der Waals surface area (Å²) in [5.41, 5.74) is 2.87. The molecule has 0 unspecified atom stereocenters. The third kappa shape index (κ3) is 3.62. The quantitative estimate of drug-likeness (QED) is 0.680. The summed E-state index contributed by atoms with van der Waals surface area (Å²) in [7, 11) is 4.11. The highest BCUT2D eigenvalue weighted by molar-refractivity contribution is 6.31. The summed E-state index contributed by atoms with van der Waals surface area (Å²) in [5, 5.41) is 8.73. The molecule has 0 bridgehead atoms. The molecule has 1 atom stereocenters. The van der Waals surface area contributed by atoms with Crippen molar-refractivity contribution in [2.24, 2.45) is 0 Å². The molecule has 1 N–H and O–H groups in total. The number of H-pyrrole nitrogens is 1. The third-order valence-corrected chi connectivity index (χ3v) is 5.51. The molecule has 3 aromatic rings. The van der Waals surface area contributed by atoms with E-state index in [9.17, 15) is 4.79 Å². The van der Waals surface area contributed by atoms with Crippen LogP contribution in [0.3, 0.4) is 0 Å². The Morgan fingerprint density at radius 1 is 1.25 bits per heavy atom. The molecular weight excluding hydrogens is 372 g/mol. The zero-order valence-electron chi connectivity index (χ0n) is 15.9. The number of rotatable bonds is 2. The Kier molecular flexibility index (Phi) is 5.08. The van der Waals surface area contributed by atoms with Crippen LogP contribution in [0.25, 0.3) is 10.9 Å². The van der Waals surface area contributed by atoms with Crippen LogP contribution in [0.5, 0.6) is 0 Å². The lowest BCUT2D eigenvalue weighted by atomic mass is 10.1. The van der Waals surface area contributed by atoms with E-state index in [1.807, 2.05) is 47.4 Å². The van der Waals surface area contributed by atoms with Gasteiger partial charge in [-0.3, -0.25) is 9.89 Å². The Bertz CT molecular complexity index is 1090. The lowest BCUT2D eigenvalue weighted by Crippen LogP contribution is -2.34. The molecule has 28 heavy (non-hydrogen) atoms. The van der Waals surface area contributed by atoms with Gasteiger partial charge in [-0.15, -0.1) is 0 Å². The Morgan fingerprint density at radius 2 is 2.07 bits per heavy atom. The molecule has 1 aliphatic heterocycles. The van der Waals surface area contributed by atoms with Gasteiger partial charge in [0.05, 0.1) is 10.5 Å². The number of likely N-dealkylation sites (tertiary alicyclic amines) is 1. The molecule has 2 heterocycles. The van der Waals surface area contributed by atoms with Crippen molar-refractivity contribution in [1.82, 2.24) is 20.0 Å². The van der Waals surface area contributed by atoms with Crippen LogP contribution in [-0.2, 0) is 0 Å². The number of carbonyl (C=O) groups is 1. The fourth-order valence-corrected chi connectivity index (χ4v) is 3.64. The first-order valence-electron chi connectivity index (χ1n) is 9.23. The van der Waals surface area contributed by atoms with Crippen LogP contribution in [-0.4, -0.2) is 59.1 Å². The maximum Gasteiger partial charge on any atom is 0.253 e. The first-order chi connectivity index (χ1) is 13.5. The smallest absolute Gasteiger partial charge is 0.253 e. The van der Waals surface area contributed by atoms with Crippen molar-refractivity contribution in [3.8, 4) is 11.8 Å². The van der Waals surface area contributed by atoms with Crippen molar-refractivity contribution in [2.75, 3.05) is 27.2 Å². The van der Waals surface area contributed by atoms with Gasteiger partial charge < -0.3 is 9.80 Å². The number of fused-ring (bicyclic) bond motifs is 1. The Balaban J connectivity index is 1.62. The van der Waals surface area contributed by atoms with Crippen LogP contribution in [0.2, 0.25) is 5.02 Å². The number of hydrogen-bond acceptors (Lipinski definition) is 3. The van der Waals surface area contributed by atoms with Gasteiger partial charge in [-0.1, -0.05) is 29.7 Å². The van der Waals surface area contributed by atoms with Gasteiger partial charge in [-0.25, -0.2) is 0 Å². The molecule has 1 aliphatic rings. The summed E-state index contributed by atoms with van der Waals surface area (Å²) in [6, 6.07) is 13.5. The standard InChI is InChI=1S/C22H21ClN4O/c1-26(2)17-11-12-27(14-17)22(28)16-8-10-21-18(13-16)20(24-25-21)9-7-15-5-3-4-6-19(15)23/h3-6,8,10,13,17H,11-12,14H2,1-2H3,(H,24,25)/t17-/m1/s1. The molecule has 1 aromatic heterocycles. The van der Waals surface area contributed by atoms with Crippen LogP contribution in [0.15, 0.2) is 42.5 Å². The molecule has 0 aliphatic carbocycles. The zero-order valence-corrected chi connectivity index (χ0v) is 16.6. The predicted octanol–water partition coefficient (Wildman–Crippen LogP) is 3.39. The van der Waals surface area contributed by atoms with Crippen molar-refractivity contribution in [2.45, 2.75) is 12.5 Å². The van der Waals surface area contributed by atoms with E-state index in [1.54, 1.807) is 0 Å². The highest BCUT2D eigenvalue weighted by Gasteiger charge is 2.28. The number of nitrogens with zero attached hydrogens (tertiary/aromatic N) is 3. The largest absolute Gasteiger partial charge is 0.337 e. The first-order valence-corrected chi connectivity index (χ1v) is 9.61. The minimum Gasteiger partial charge on any atom is -0.337 e. The van der Waals surface area contributed by atoms with E-state index in [1.165, 1.54) is 0 Å². The number of amides is 1. The number of halogens is 1. The fraction of sp³-hybridized carbons (Fsp3) is 0.273. The number of benzene rings is 2. The Hall–Kier alpha value is -2.81. The SMILES string of the molecule is CN(C)[C@@H]1CCN(C(=O)c2ccc3[nH]nc(C#Cc4ccccc4Cl)c3c2)C1. The van der Waals surface area contributed by atoms with Crippen molar-refractivity contribution >= 4 is 28.4 Å². The van der Waals surface area contributed by atoms with Crippen molar-refractivity contribution in [3.63, 3.8) is 0 Å². The van der Waals surface area contributed by atoms with E-state index in [0.29, 0.717) is 22.3 Å². The van der Waals surface area contributed by atoms with Crippen LogP contribution in [0, 0.1) is 11.8 Å². The second-order valence-electron chi connectivity index (χ2n) is 7.22. The minimum absolute atomic E-state index is 0.0532. The van der Waals surface area contributed by atoms with Gasteiger partial charge >= 0.3 is 0 Å². The van der Waals surface area contributed by atoms with E-state index in [-0.39, 0.29) is 5.91 Å².